The van der Waals surface area contributed by atoms with Gasteiger partial charge in [0.25, 0.3) is 0 Å². The van der Waals surface area contributed by atoms with Crippen LogP contribution in [0.2, 0.25) is 0 Å². The molecule has 2 rings (SSSR count). The third kappa shape index (κ3) is 1.05. The number of nitrogens with zero attached hydrogens (tertiary/aromatic N) is 2. The molecule has 0 saturated heterocycles. The van der Waals surface area contributed by atoms with E-state index in [4.69, 9.17) is 5.73 Å². The van der Waals surface area contributed by atoms with Crippen molar-refractivity contribution >= 4 is 0 Å². The first kappa shape index (κ1) is 7.80. The summed E-state index contributed by atoms with van der Waals surface area (Å²) in [5, 5.41) is 0. The lowest BCUT2D eigenvalue weighted by molar-refractivity contribution is 0.538. The van der Waals surface area contributed by atoms with Gasteiger partial charge in [0.1, 0.15) is 0 Å². The summed E-state index contributed by atoms with van der Waals surface area (Å²) in [6.07, 6.45) is 5.36. The predicted molar refractivity (Wildman–Crippen MR) is 47.8 cm³/mol. The summed E-state index contributed by atoms with van der Waals surface area (Å²) in [5.41, 5.74) is 8.42. The molecule has 0 unspecified atom stereocenters. The normalized spacial score (nSPS) is 22.3. The fourth-order valence-corrected chi connectivity index (χ4v) is 1.90. The second-order valence-corrected chi connectivity index (χ2v) is 3.36. The Kier molecular flexibility index (Phi) is 1.89. The van der Waals surface area contributed by atoms with Gasteiger partial charge in [-0.25, -0.2) is 4.98 Å². The van der Waals surface area contributed by atoms with E-state index in [1.165, 1.54) is 12.1 Å². The second kappa shape index (κ2) is 2.90. The second-order valence-electron chi connectivity index (χ2n) is 3.36. The Hall–Kier alpha value is -0.830. The van der Waals surface area contributed by atoms with Crippen LogP contribution in [0.1, 0.15) is 37.2 Å². The molecule has 0 spiro atoms. The average Bonchev–Trinajstić information content (AvgIpc) is 2.49. The number of fused-ring (bicyclic) bond motifs is 1. The topological polar surface area (TPSA) is 43.8 Å². The van der Waals surface area contributed by atoms with Crippen LogP contribution < -0.4 is 5.73 Å². The van der Waals surface area contributed by atoms with Gasteiger partial charge in [0.2, 0.25) is 0 Å². The SMILES string of the molecule is CCn1cnc2c1CCC[C@H]2N. The van der Waals surface area contributed by atoms with Crippen LogP contribution in [0, 0.1) is 0 Å². The van der Waals surface area contributed by atoms with E-state index < -0.39 is 0 Å². The molecule has 1 aromatic rings. The fourth-order valence-electron chi connectivity index (χ4n) is 1.90. The van der Waals surface area contributed by atoms with Crippen molar-refractivity contribution in [2.45, 2.75) is 38.8 Å². The van der Waals surface area contributed by atoms with Crippen molar-refractivity contribution in [2.24, 2.45) is 5.73 Å². The van der Waals surface area contributed by atoms with Crippen molar-refractivity contribution < 1.29 is 0 Å². The van der Waals surface area contributed by atoms with Crippen LogP contribution in [0.15, 0.2) is 6.33 Å². The molecule has 0 bridgehead atoms. The molecule has 3 nitrogen and oxygen atoms in total. The average molecular weight is 165 g/mol. The summed E-state index contributed by atoms with van der Waals surface area (Å²) in [6.45, 7) is 3.15. The lowest BCUT2D eigenvalue weighted by atomic mass is 9.97. The molecule has 2 N–H and O–H groups in total. The van der Waals surface area contributed by atoms with Crippen LogP contribution in [-0.4, -0.2) is 9.55 Å². The van der Waals surface area contributed by atoms with Gasteiger partial charge in [-0.05, 0) is 26.2 Å². The van der Waals surface area contributed by atoms with Crippen LogP contribution in [0.4, 0.5) is 0 Å². The first-order valence-electron chi connectivity index (χ1n) is 4.62. The van der Waals surface area contributed by atoms with Crippen LogP contribution in [0.3, 0.4) is 0 Å². The van der Waals surface area contributed by atoms with Crippen LogP contribution >= 0.6 is 0 Å². The smallest absolute Gasteiger partial charge is 0.0952 e. The molecule has 1 aliphatic rings. The Labute approximate surface area is 72.6 Å². The first-order valence-corrected chi connectivity index (χ1v) is 4.62. The molecule has 1 aliphatic carbocycles. The largest absolute Gasteiger partial charge is 0.335 e. The third-order valence-corrected chi connectivity index (χ3v) is 2.60. The molecular weight excluding hydrogens is 150 g/mol. The van der Waals surface area contributed by atoms with Crippen molar-refractivity contribution in [1.29, 1.82) is 0 Å². The molecule has 0 radical (unpaired) electrons. The molecule has 0 amide bonds. The molecule has 66 valence electrons. The number of nitrogens with two attached hydrogens (primary N) is 1. The molecule has 12 heavy (non-hydrogen) atoms. The molecule has 0 saturated carbocycles. The van der Waals surface area contributed by atoms with E-state index >= 15 is 0 Å². The molecular formula is C9H15N3. The van der Waals surface area contributed by atoms with Crippen molar-refractivity contribution in [3.8, 4) is 0 Å². The molecule has 3 heteroatoms. The van der Waals surface area contributed by atoms with Gasteiger partial charge >= 0.3 is 0 Å². The minimum atomic E-state index is 0.182. The third-order valence-electron chi connectivity index (χ3n) is 2.60. The molecule has 0 aliphatic heterocycles. The van der Waals surface area contributed by atoms with Gasteiger partial charge in [0, 0.05) is 18.3 Å². The molecule has 1 aromatic heterocycles. The monoisotopic (exact) mass is 165 g/mol. The molecule has 1 atom stereocenters. The van der Waals surface area contributed by atoms with Crippen molar-refractivity contribution in [2.75, 3.05) is 0 Å². The number of rotatable bonds is 1. The first-order chi connectivity index (χ1) is 5.83. The lowest BCUT2D eigenvalue weighted by Crippen LogP contribution is -2.18. The maximum absolute atomic E-state index is 5.94. The van der Waals surface area contributed by atoms with E-state index in [2.05, 4.69) is 16.5 Å². The zero-order chi connectivity index (χ0) is 8.55. The van der Waals surface area contributed by atoms with E-state index in [9.17, 15) is 0 Å². The highest BCUT2D eigenvalue weighted by Crippen LogP contribution is 2.26. The van der Waals surface area contributed by atoms with Gasteiger partial charge in [0.05, 0.1) is 12.0 Å². The quantitative estimate of drug-likeness (QED) is 0.680. The van der Waals surface area contributed by atoms with Gasteiger partial charge in [-0.15, -0.1) is 0 Å². The van der Waals surface area contributed by atoms with E-state index in [1.807, 2.05) is 6.33 Å². The zero-order valence-corrected chi connectivity index (χ0v) is 7.45. The van der Waals surface area contributed by atoms with Gasteiger partial charge in [-0.1, -0.05) is 0 Å². The maximum Gasteiger partial charge on any atom is 0.0952 e. The number of aromatic nitrogens is 2. The van der Waals surface area contributed by atoms with E-state index in [0.29, 0.717) is 0 Å². The van der Waals surface area contributed by atoms with Crippen molar-refractivity contribution in [1.82, 2.24) is 9.55 Å². The maximum atomic E-state index is 5.94. The Balaban J connectivity index is 2.41. The van der Waals surface area contributed by atoms with Crippen LogP contribution in [0.5, 0.6) is 0 Å². The molecule has 0 fully saturated rings. The van der Waals surface area contributed by atoms with Crippen LogP contribution in [0.25, 0.3) is 0 Å². The zero-order valence-electron chi connectivity index (χ0n) is 7.45. The van der Waals surface area contributed by atoms with Crippen molar-refractivity contribution in [3.63, 3.8) is 0 Å². The Bertz CT molecular complexity index is 277. The Morgan fingerprint density at radius 1 is 1.75 bits per heavy atom. The standard InChI is InChI=1S/C9H15N3/c1-2-12-6-11-9-7(10)4-3-5-8(9)12/h6-7H,2-5,10H2,1H3/t7-/m1/s1. The summed E-state index contributed by atoms with van der Waals surface area (Å²) in [4.78, 5) is 4.35. The minimum absolute atomic E-state index is 0.182. The van der Waals surface area contributed by atoms with Gasteiger partial charge in [-0.3, -0.25) is 0 Å². The number of imidazole rings is 1. The van der Waals surface area contributed by atoms with E-state index in [1.54, 1.807) is 0 Å². The van der Waals surface area contributed by atoms with Gasteiger partial charge < -0.3 is 10.3 Å². The molecule has 0 aromatic carbocycles. The summed E-state index contributed by atoms with van der Waals surface area (Å²) in [7, 11) is 0. The van der Waals surface area contributed by atoms with Crippen molar-refractivity contribution in [3.05, 3.63) is 17.7 Å². The lowest BCUT2D eigenvalue weighted by Gasteiger charge is -2.18. The van der Waals surface area contributed by atoms with Gasteiger partial charge in [-0.2, -0.15) is 0 Å². The van der Waals surface area contributed by atoms with Crippen LogP contribution in [-0.2, 0) is 13.0 Å². The summed E-state index contributed by atoms with van der Waals surface area (Å²) < 4.78 is 2.20. The Morgan fingerprint density at radius 3 is 3.33 bits per heavy atom. The number of aryl methyl sites for hydroxylation is 1. The van der Waals surface area contributed by atoms with Gasteiger partial charge in [0.15, 0.2) is 0 Å². The van der Waals surface area contributed by atoms with E-state index in [0.717, 1.165) is 25.1 Å². The fraction of sp³-hybridized carbons (Fsp3) is 0.667. The predicted octanol–water partition coefficient (Wildman–Crippen LogP) is 1.24. The number of hydrogen-bond donors (Lipinski definition) is 1. The number of hydrogen-bond acceptors (Lipinski definition) is 2. The summed E-state index contributed by atoms with van der Waals surface area (Å²) in [5.74, 6) is 0. The highest BCUT2D eigenvalue weighted by molar-refractivity contribution is 5.19. The minimum Gasteiger partial charge on any atom is -0.335 e. The summed E-state index contributed by atoms with van der Waals surface area (Å²) >= 11 is 0. The highest BCUT2D eigenvalue weighted by atomic mass is 15.1. The molecule has 1 heterocycles. The van der Waals surface area contributed by atoms with E-state index in [-0.39, 0.29) is 6.04 Å². The summed E-state index contributed by atoms with van der Waals surface area (Å²) in [6, 6.07) is 0.182. The highest BCUT2D eigenvalue weighted by Gasteiger charge is 2.20. The Morgan fingerprint density at radius 2 is 2.58 bits per heavy atom.